The lowest BCUT2D eigenvalue weighted by Crippen LogP contribution is -2.46. The Labute approximate surface area is 141 Å². The number of aryl methyl sites for hydroxylation is 1. The third-order valence-electron chi connectivity index (χ3n) is 4.38. The van der Waals surface area contributed by atoms with Crippen LogP contribution in [0.1, 0.15) is 24.5 Å². The molecule has 124 valence electrons. The van der Waals surface area contributed by atoms with Crippen LogP contribution >= 0.6 is 0 Å². The summed E-state index contributed by atoms with van der Waals surface area (Å²) < 4.78 is 5.32. The van der Waals surface area contributed by atoms with Crippen LogP contribution in [0.3, 0.4) is 0 Å². The summed E-state index contributed by atoms with van der Waals surface area (Å²) in [5.74, 6) is 0.855. The molecule has 24 heavy (non-hydrogen) atoms. The lowest BCUT2D eigenvalue weighted by molar-refractivity contribution is -0.121. The molecule has 1 amide bonds. The van der Waals surface area contributed by atoms with Crippen molar-refractivity contribution in [2.75, 3.05) is 7.11 Å². The van der Waals surface area contributed by atoms with Crippen molar-refractivity contribution in [2.24, 2.45) is 10.7 Å². The van der Waals surface area contributed by atoms with E-state index in [2.05, 4.69) is 23.3 Å². The molecule has 3 N–H and O–H groups in total. The number of nitrogens with one attached hydrogen (secondary N) is 1. The van der Waals surface area contributed by atoms with Crippen LogP contribution in [0.2, 0.25) is 0 Å². The molecule has 1 aliphatic rings. The molecule has 2 aromatic carbocycles. The van der Waals surface area contributed by atoms with Crippen LogP contribution in [-0.4, -0.2) is 19.0 Å². The standard InChI is InChI=1S/C19H21N3O2/c1-12-7-8-14(19(2)11-17(23)21-18(20)22-19)10-16(12)13-5-4-6-15(9-13)24-3/h4-10H,11H2,1-3H3,(H3,20,21,22,23). The number of aliphatic imine (C=N–C) groups is 1. The Hall–Kier alpha value is -2.82. The molecule has 1 heterocycles. The molecular formula is C19H21N3O2. The van der Waals surface area contributed by atoms with Crippen LogP contribution in [0.25, 0.3) is 11.1 Å². The molecule has 0 bridgehead atoms. The summed E-state index contributed by atoms with van der Waals surface area (Å²) in [7, 11) is 1.65. The van der Waals surface area contributed by atoms with E-state index in [0.717, 1.165) is 28.0 Å². The third kappa shape index (κ3) is 2.97. The minimum atomic E-state index is -0.659. The second kappa shape index (κ2) is 6.00. The molecule has 0 saturated carbocycles. The number of hydrogen-bond donors (Lipinski definition) is 2. The van der Waals surface area contributed by atoms with Gasteiger partial charge >= 0.3 is 0 Å². The maximum Gasteiger partial charge on any atom is 0.229 e. The van der Waals surface area contributed by atoms with Crippen molar-refractivity contribution in [1.82, 2.24) is 5.32 Å². The number of amides is 1. The second-order valence-electron chi connectivity index (χ2n) is 6.26. The van der Waals surface area contributed by atoms with Crippen LogP contribution in [0.15, 0.2) is 47.5 Å². The molecule has 0 spiro atoms. The van der Waals surface area contributed by atoms with Gasteiger partial charge < -0.3 is 10.5 Å². The van der Waals surface area contributed by atoms with Gasteiger partial charge in [-0.3, -0.25) is 10.1 Å². The average Bonchev–Trinajstić information content (AvgIpc) is 2.54. The van der Waals surface area contributed by atoms with Gasteiger partial charge in [0.1, 0.15) is 5.75 Å². The lowest BCUT2D eigenvalue weighted by Gasteiger charge is -2.30. The lowest BCUT2D eigenvalue weighted by atomic mass is 9.85. The van der Waals surface area contributed by atoms with Crippen molar-refractivity contribution >= 4 is 11.9 Å². The van der Waals surface area contributed by atoms with Crippen LogP contribution in [0.4, 0.5) is 0 Å². The van der Waals surface area contributed by atoms with Gasteiger partial charge in [-0.1, -0.05) is 24.3 Å². The molecular weight excluding hydrogens is 302 g/mol. The SMILES string of the molecule is COc1cccc(-c2cc(C3(C)CC(=O)NC(N)=N3)ccc2C)c1. The third-order valence-corrected chi connectivity index (χ3v) is 4.38. The molecule has 5 heteroatoms. The average molecular weight is 323 g/mol. The molecule has 5 nitrogen and oxygen atoms in total. The van der Waals surface area contributed by atoms with E-state index < -0.39 is 5.54 Å². The molecule has 0 saturated heterocycles. The molecule has 0 fully saturated rings. The van der Waals surface area contributed by atoms with Gasteiger partial charge in [0.15, 0.2) is 5.96 Å². The van der Waals surface area contributed by atoms with Gasteiger partial charge in [0.2, 0.25) is 5.91 Å². The summed E-state index contributed by atoms with van der Waals surface area (Å²) >= 11 is 0. The number of hydrogen-bond acceptors (Lipinski definition) is 4. The van der Waals surface area contributed by atoms with E-state index in [1.807, 2.05) is 43.3 Å². The predicted octanol–water partition coefficient (Wildman–Crippen LogP) is 2.72. The monoisotopic (exact) mass is 323 g/mol. The quantitative estimate of drug-likeness (QED) is 0.912. The zero-order chi connectivity index (χ0) is 17.3. The fourth-order valence-corrected chi connectivity index (χ4v) is 3.06. The highest BCUT2D eigenvalue weighted by Gasteiger charge is 2.33. The fourth-order valence-electron chi connectivity index (χ4n) is 3.06. The Morgan fingerprint density at radius 2 is 2.04 bits per heavy atom. The van der Waals surface area contributed by atoms with Gasteiger partial charge in [0.25, 0.3) is 0 Å². The Balaban J connectivity index is 2.09. The Bertz CT molecular complexity index is 829. The number of nitrogens with two attached hydrogens (primary N) is 1. The molecule has 3 rings (SSSR count). The molecule has 1 aliphatic heterocycles. The molecule has 0 aromatic heterocycles. The first-order valence-electron chi connectivity index (χ1n) is 7.82. The van der Waals surface area contributed by atoms with E-state index in [0.29, 0.717) is 0 Å². The fraction of sp³-hybridized carbons (Fsp3) is 0.263. The molecule has 0 aliphatic carbocycles. The summed E-state index contributed by atoms with van der Waals surface area (Å²) in [6.45, 7) is 3.99. The largest absolute Gasteiger partial charge is 0.497 e. The van der Waals surface area contributed by atoms with Crippen molar-refractivity contribution < 1.29 is 9.53 Å². The van der Waals surface area contributed by atoms with E-state index in [4.69, 9.17) is 10.5 Å². The molecule has 2 aromatic rings. The first-order chi connectivity index (χ1) is 11.4. The first kappa shape index (κ1) is 16.1. The molecule has 1 unspecified atom stereocenters. The van der Waals surface area contributed by atoms with Crippen LogP contribution in [-0.2, 0) is 10.3 Å². The van der Waals surface area contributed by atoms with E-state index in [1.165, 1.54) is 0 Å². The minimum absolute atomic E-state index is 0.117. The van der Waals surface area contributed by atoms with Crippen molar-refractivity contribution in [3.05, 3.63) is 53.6 Å². The Kier molecular flexibility index (Phi) is 4.01. The first-order valence-corrected chi connectivity index (χ1v) is 7.82. The minimum Gasteiger partial charge on any atom is -0.497 e. The van der Waals surface area contributed by atoms with Crippen LogP contribution < -0.4 is 15.8 Å². The van der Waals surface area contributed by atoms with Crippen molar-refractivity contribution in [3.63, 3.8) is 0 Å². The highest BCUT2D eigenvalue weighted by molar-refractivity contribution is 5.99. The number of rotatable bonds is 3. The van der Waals surface area contributed by atoms with Crippen molar-refractivity contribution in [2.45, 2.75) is 25.8 Å². The van der Waals surface area contributed by atoms with Gasteiger partial charge in [-0.2, -0.15) is 0 Å². The number of carbonyl (C=O) groups excluding carboxylic acids is 1. The second-order valence-corrected chi connectivity index (χ2v) is 6.26. The van der Waals surface area contributed by atoms with Crippen LogP contribution in [0, 0.1) is 6.92 Å². The number of methoxy groups -OCH3 is 1. The van der Waals surface area contributed by atoms with Gasteiger partial charge in [0, 0.05) is 0 Å². The number of nitrogens with zero attached hydrogens (tertiary/aromatic N) is 1. The molecule has 1 atom stereocenters. The Morgan fingerprint density at radius 3 is 2.75 bits per heavy atom. The summed E-state index contributed by atoms with van der Waals surface area (Å²) in [6.07, 6.45) is 0.272. The number of ether oxygens (including phenoxy) is 1. The smallest absolute Gasteiger partial charge is 0.229 e. The highest BCUT2D eigenvalue weighted by Crippen LogP contribution is 2.35. The topological polar surface area (TPSA) is 76.7 Å². The molecule has 0 radical (unpaired) electrons. The predicted molar refractivity (Wildman–Crippen MR) is 94.9 cm³/mol. The van der Waals surface area contributed by atoms with Crippen molar-refractivity contribution in [3.8, 4) is 16.9 Å². The summed E-state index contributed by atoms with van der Waals surface area (Å²) in [5, 5.41) is 2.55. The van der Waals surface area contributed by atoms with E-state index in [1.54, 1.807) is 7.11 Å². The van der Waals surface area contributed by atoms with E-state index in [9.17, 15) is 4.79 Å². The zero-order valence-electron chi connectivity index (χ0n) is 14.1. The number of benzene rings is 2. The van der Waals surface area contributed by atoms with Gasteiger partial charge in [-0.15, -0.1) is 0 Å². The van der Waals surface area contributed by atoms with Gasteiger partial charge in [0.05, 0.1) is 19.1 Å². The summed E-state index contributed by atoms with van der Waals surface area (Å²) in [6, 6.07) is 14.1. The number of guanidine groups is 1. The maximum absolute atomic E-state index is 11.9. The number of carbonyl (C=O) groups is 1. The van der Waals surface area contributed by atoms with E-state index >= 15 is 0 Å². The van der Waals surface area contributed by atoms with Crippen molar-refractivity contribution in [1.29, 1.82) is 0 Å². The van der Waals surface area contributed by atoms with Gasteiger partial charge in [-0.25, -0.2) is 4.99 Å². The van der Waals surface area contributed by atoms with Crippen LogP contribution in [0.5, 0.6) is 5.75 Å². The van der Waals surface area contributed by atoms with Gasteiger partial charge in [-0.05, 0) is 54.3 Å². The maximum atomic E-state index is 11.9. The normalized spacial score (nSPS) is 20.3. The highest BCUT2D eigenvalue weighted by atomic mass is 16.5. The Morgan fingerprint density at radius 1 is 1.25 bits per heavy atom. The van der Waals surface area contributed by atoms with E-state index in [-0.39, 0.29) is 18.3 Å². The summed E-state index contributed by atoms with van der Waals surface area (Å²) in [5.41, 5.74) is 9.36. The summed E-state index contributed by atoms with van der Waals surface area (Å²) in [4.78, 5) is 16.4. The zero-order valence-corrected chi connectivity index (χ0v) is 14.1.